The van der Waals surface area contributed by atoms with Gasteiger partial charge in [0.15, 0.2) is 5.16 Å². The van der Waals surface area contributed by atoms with Gasteiger partial charge in [-0.3, -0.25) is 9.20 Å². The Labute approximate surface area is 170 Å². The topological polar surface area (TPSA) is 78.0 Å². The maximum Gasteiger partial charge on any atom is 0.267 e. The molecule has 0 aliphatic heterocycles. The number of rotatable bonds is 4. The van der Waals surface area contributed by atoms with Crippen LogP contribution in [0.1, 0.15) is 11.3 Å². The lowest BCUT2D eigenvalue weighted by Crippen LogP contribution is -2.22. The normalized spacial score (nSPS) is 11.3. The number of aryl methyl sites for hydroxylation is 1. The van der Waals surface area contributed by atoms with E-state index in [-0.39, 0.29) is 5.56 Å². The van der Waals surface area contributed by atoms with Crippen molar-refractivity contribution >= 4 is 28.4 Å². The smallest absolute Gasteiger partial charge is 0.267 e. The van der Waals surface area contributed by atoms with Crippen molar-refractivity contribution < 1.29 is 0 Å². The number of benzene rings is 1. The van der Waals surface area contributed by atoms with Crippen molar-refractivity contribution in [1.29, 1.82) is 0 Å². The number of para-hydroxylation sites is 1. The molecule has 5 rings (SSSR count). The van der Waals surface area contributed by atoms with E-state index in [0.29, 0.717) is 33.4 Å². The molecule has 4 heterocycles. The molecule has 0 saturated heterocycles. The minimum absolute atomic E-state index is 0.133. The van der Waals surface area contributed by atoms with Gasteiger partial charge in [-0.15, -0.1) is 0 Å². The molecule has 0 fully saturated rings. The molecule has 8 heteroatoms. The van der Waals surface area contributed by atoms with Gasteiger partial charge >= 0.3 is 0 Å². The highest BCUT2D eigenvalue weighted by Crippen LogP contribution is 2.24. The van der Waals surface area contributed by atoms with E-state index in [4.69, 9.17) is 4.98 Å². The summed E-state index contributed by atoms with van der Waals surface area (Å²) in [5, 5.41) is 1.14. The summed E-state index contributed by atoms with van der Waals surface area (Å²) in [5.41, 5.74) is 2.42. The van der Waals surface area contributed by atoms with Gasteiger partial charge in [-0.25, -0.2) is 24.5 Å². The van der Waals surface area contributed by atoms with Crippen LogP contribution in [0.3, 0.4) is 0 Å². The number of fused-ring (bicyclic) bond motifs is 2. The van der Waals surface area contributed by atoms with Gasteiger partial charge in [0.25, 0.3) is 5.56 Å². The Bertz CT molecular complexity index is 1360. The standard InChI is InChI=1S/C21H16N6OS/c1-14-7-8-18(23-11-14)27-19(28)16-5-2-3-6-17(16)25-21(27)29-13-15-12-26-10-4-9-22-20(26)24-15/h2-12H,13H2,1H3. The van der Waals surface area contributed by atoms with E-state index in [2.05, 4.69) is 15.0 Å². The molecule has 0 aliphatic carbocycles. The number of aromatic nitrogens is 6. The number of hydrogen-bond acceptors (Lipinski definition) is 6. The van der Waals surface area contributed by atoms with Crippen molar-refractivity contribution in [2.24, 2.45) is 0 Å². The lowest BCUT2D eigenvalue weighted by Gasteiger charge is -2.12. The Morgan fingerprint density at radius 2 is 1.93 bits per heavy atom. The van der Waals surface area contributed by atoms with Crippen LogP contribution < -0.4 is 5.56 Å². The first-order valence-corrected chi connectivity index (χ1v) is 10.0. The minimum atomic E-state index is -0.133. The molecule has 1 aromatic carbocycles. The highest BCUT2D eigenvalue weighted by atomic mass is 32.2. The van der Waals surface area contributed by atoms with Gasteiger partial charge in [0.05, 0.1) is 16.6 Å². The molecule has 4 aromatic heterocycles. The van der Waals surface area contributed by atoms with Crippen LogP contribution in [0.5, 0.6) is 0 Å². The second-order valence-electron chi connectivity index (χ2n) is 6.59. The predicted molar refractivity (Wildman–Crippen MR) is 112 cm³/mol. The van der Waals surface area contributed by atoms with E-state index in [1.807, 2.05) is 60.1 Å². The third kappa shape index (κ3) is 3.27. The predicted octanol–water partition coefficient (Wildman–Crippen LogP) is 3.42. The lowest BCUT2D eigenvalue weighted by molar-refractivity contribution is 0.794. The van der Waals surface area contributed by atoms with Gasteiger partial charge in [-0.2, -0.15) is 0 Å². The zero-order valence-electron chi connectivity index (χ0n) is 15.6. The zero-order valence-corrected chi connectivity index (χ0v) is 16.4. The van der Waals surface area contributed by atoms with Crippen LogP contribution in [0.2, 0.25) is 0 Å². The van der Waals surface area contributed by atoms with E-state index in [1.54, 1.807) is 23.0 Å². The number of thioether (sulfide) groups is 1. The summed E-state index contributed by atoms with van der Waals surface area (Å²) < 4.78 is 3.44. The average molecular weight is 400 g/mol. The largest absolute Gasteiger partial charge is 0.291 e. The highest BCUT2D eigenvalue weighted by Gasteiger charge is 2.15. The van der Waals surface area contributed by atoms with Gasteiger partial charge in [-0.05, 0) is 36.8 Å². The van der Waals surface area contributed by atoms with Crippen LogP contribution in [-0.4, -0.2) is 28.9 Å². The van der Waals surface area contributed by atoms with E-state index in [1.165, 1.54) is 11.8 Å². The first-order chi connectivity index (χ1) is 14.2. The maximum absolute atomic E-state index is 13.2. The van der Waals surface area contributed by atoms with Crippen molar-refractivity contribution in [3.8, 4) is 5.82 Å². The third-order valence-electron chi connectivity index (χ3n) is 4.50. The first-order valence-electron chi connectivity index (χ1n) is 9.05. The van der Waals surface area contributed by atoms with E-state index < -0.39 is 0 Å². The zero-order chi connectivity index (χ0) is 19.8. The summed E-state index contributed by atoms with van der Waals surface area (Å²) in [6.07, 6.45) is 7.30. The molecule has 0 N–H and O–H groups in total. The second-order valence-corrected chi connectivity index (χ2v) is 7.54. The molecule has 5 aromatic rings. The molecular weight excluding hydrogens is 384 g/mol. The fourth-order valence-corrected chi connectivity index (χ4v) is 3.98. The third-order valence-corrected chi connectivity index (χ3v) is 5.48. The van der Waals surface area contributed by atoms with Gasteiger partial charge in [0, 0.05) is 30.5 Å². The summed E-state index contributed by atoms with van der Waals surface area (Å²) in [4.78, 5) is 31.2. The summed E-state index contributed by atoms with van der Waals surface area (Å²) in [5.74, 6) is 1.75. The molecule has 29 heavy (non-hydrogen) atoms. The molecular formula is C21H16N6OS. The summed E-state index contributed by atoms with van der Waals surface area (Å²) in [6, 6.07) is 13.0. The number of hydrogen-bond donors (Lipinski definition) is 0. The van der Waals surface area contributed by atoms with Crippen LogP contribution in [0.25, 0.3) is 22.5 Å². The van der Waals surface area contributed by atoms with Crippen LogP contribution in [0.15, 0.2) is 77.2 Å². The fraction of sp³-hybridized carbons (Fsp3) is 0.0952. The summed E-state index contributed by atoms with van der Waals surface area (Å²) >= 11 is 1.45. The molecule has 0 spiro atoms. The van der Waals surface area contributed by atoms with Crippen LogP contribution in [0, 0.1) is 6.92 Å². The summed E-state index contributed by atoms with van der Waals surface area (Å²) in [6.45, 7) is 1.96. The van der Waals surface area contributed by atoms with Gasteiger partial charge < -0.3 is 0 Å². The monoisotopic (exact) mass is 400 g/mol. The molecule has 0 unspecified atom stereocenters. The molecule has 0 radical (unpaired) electrons. The van der Waals surface area contributed by atoms with E-state index >= 15 is 0 Å². The molecule has 0 amide bonds. The van der Waals surface area contributed by atoms with Gasteiger partial charge in [0.1, 0.15) is 5.82 Å². The Balaban J connectivity index is 1.60. The van der Waals surface area contributed by atoms with Crippen LogP contribution in [0.4, 0.5) is 0 Å². The Kier molecular flexibility index (Phi) is 4.33. The minimum Gasteiger partial charge on any atom is -0.291 e. The van der Waals surface area contributed by atoms with E-state index in [0.717, 1.165) is 11.3 Å². The molecule has 7 nitrogen and oxygen atoms in total. The van der Waals surface area contributed by atoms with Gasteiger partial charge in [0.2, 0.25) is 5.78 Å². The van der Waals surface area contributed by atoms with Crippen molar-refractivity contribution in [1.82, 2.24) is 28.9 Å². The second kappa shape index (κ2) is 7.14. The number of nitrogens with zero attached hydrogens (tertiary/aromatic N) is 6. The van der Waals surface area contributed by atoms with Crippen molar-refractivity contribution in [3.05, 3.63) is 88.9 Å². The maximum atomic E-state index is 13.2. The molecule has 0 saturated carbocycles. The van der Waals surface area contributed by atoms with Crippen molar-refractivity contribution in [3.63, 3.8) is 0 Å². The Hall–Kier alpha value is -3.52. The fourth-order valence-electron chi connectivity index (χ4n) is 3.09. The Morgan fingerprint density at radius 3 is 2.76 bits per heavy atom. The van der Waals surface area contributed by atoms with Crippen molar-refractivity contribution in [2.75, 3.05) is 0 Å². The summed E-state index contributed by atoms with van der Waals surface area (Å²) in [7, 11) is 0. The van der Waals surface area contributed by atoms with Gasteiger partial charge in [-0.1, -0.05) is 30.0 Å². The first kappa shape index (κ1) is 17.6. The van der Waals surface area contributed by atoms with E-state index in [9.17, 15) is 4.79 Å². The molecule has 142 valence electrons. The molecule has 0 bridgehead atoms. The lowest BCUT2D eigenvalue weighted by atomic mass is 10.2. The highest BCUT2D eigenvalue weighted by molar-refractivity contribution is 7.98. The molecule has 0 atom stereocenters. The quantitative estimate of drug-likeness (QED) is 0.340. The molecule has 0 aliphatic rings. The van der Waals surface area contributed by atoms with Crippen LogP contribution in [-0.2, 0) is 5.75 Å². The SMILES string of the molecule is Cc1ccc(-n2c(SCc3cn4cccnc4n3)nc3ccccc3c2=O)nc1. The number of pyridine rings is 1. The Morgan fingerprint density at radius 1 is 1.03 bits per heavy atom. The van der Waals surface area contributed by atoms with Crippen molar-refractivity contribution in [2.45, 2.75) is 17.8 Å². The number of imidazole rings is 1. The average Bonchev–Trinajstić information content (AvgIpc) is 3.16. The van der Waals surface area contributed by atoms with Crippen LogP contribution >= 0.6 is 11.8 Å².